The summed E-state index contributed by atoms with van der Waals surface area (Å²) in [5.74, 6) is 0. The van der Waals surface area contributed by atoms with Crippen molar-refractivity contribution in [3.05, 3.63) is 23.0 Å². The number of aromatic nitrogens is 1. The van der Waals surface area contributed by atoms with E-state index in [0.717, 1.165) is 5.69 Å². The van der Waals surface area contributed by atoms with Gasteiger partial charge in [-0.2, -0.15) is 5.26 Å². The normalized spacial score (nSPS) is 10.2. The number of anilines is 1. The first-order valence-electron chi connectivity index (χ1n) is 4.99. The molecule has 1 heterocycles. The highest BCUT2D eigenvalue weighted by Gasteiger charge is 2.12. The summed E-state index contributed by atoms with van der Waals surface area (Å²) in [4.78, 5) is 4.18. The van der Waals surface area contributed by atoms with E-state index in [2.05, 4.69) is 16.4 Å². The Morgan fingerprint density at radius 2 is 2.06 bits per heavy atom. The van der Waals surface area contributed by atoms with E-state index >= 15 is 0 Å². The highest BCUT2D eigenvalue weighted by atomic mass is 16.3. The van der Waals surface area contributed by atoms with E-state index in [9.17, 15) is 0 Å². The van der Waals surface area contributed by atoms with Crippen LogP contribution in [0.15, 0.2) is 6.07 Å². The van der Waals surface area contributed by atoms with Crippen molar-refractivity contribution in [3.63, 3.8) is 0 Å². The van der Waals surface area contributed by atoms with Crippen molar-refractivity contribution in [3.8, 4) is 6.07 Å². The van der Waals surface area contributed by atoms with Crippen molar-refractivity contribution in [1.29, 1.82) is 5.26 Å². The molecule has 0 unspecified atom stereocenters. The molecule has 5 heteroatoms. The quantitative estimate of drug-likeness (QED) is 0.682. The van der Waals surface area contributed by atoms with Gasteiger partial charge in [0.05, 0.1) is 36.2 Å². The molecule has 0 aliphatic carbocycles. The van der Waals surface area contributed by atoms with Gasteiger partial charge in [-0.3, -0.25) is 4.98 Å². The van der Waals surface area contributed by atoms with Gasteiger partial charge in [0.25, 0.3) is 0 Å². The van der Waals surface area contributed by atoms with E-state index in [1.165, 1.54) is 0 Å². The number of pyridine rings is 1. The van der Waals surface area contributed by atoms with Gasteiger partial charge in [-0.05, 0) is 19.9 Å². The van der Waals surface area contributed by atoms with Crippen LogP contribution in [0.2, 0.25) is 0 Å². The number of nitrogens with one attached hydrogen (secondary N) is 1. The second-order valence-corrected chi connectivity index (χ2v) is 3.59. The van der Waals surface area contributed by atoms with Gasteiger partial charge in [-0.1, -0.05) is 0 Å². The lowest BCUT2D eigenvalue weighted by atomic mass is 10.1. The molecule has 0 atom stereocenters. The number of aryl methyl sites for hydroxylation is 2. The molecule has 0 bridgehead atoms. The van der Waals surface area contributed by atoms with Crippen molar-refractivity contribution in [2.24, 2.45) is 0 Å². The molecule has 1 rings (SSSR count). The van der Waals surface area contributed by atoms with E-state index in [1.54, 1.807) is 13.0 Å². The number of aliphatic hydroxyl groups is 2. The molecule has 1 aromatic heterocycles. The van der Waals surface area contributed by atoms with Gasteiger partial charge in [-0.25, -0.2) is 0 Å². The third-order valence-electron chi connectivity index (χ3n) is 2.24. The maximum atomic E-state index is 8.99. The lowest BCUT2D eigenvalue weighted by molar-refractivity contribution is 0.204. The van der Waals surface area contributed by atoms with Crippen LogP contribution in [0.3, 0.4) is 0 Å². The lowest BCUT2D eigenvalue weighted by Gasteiger charge is -2.17. The summed E-state index contributed by atoms with van der Waals surface area (Å²) in [6, 6.07) is 3.32. The van der Waals surface area contributed by atoms with Crippen LogP contribution in [-0.2, 0) is 0 Å². The molecule has 0 fully saturated rings. The summed E-state index contributed by atoms with van der Waals surface area (Å²) in [6.45, 7) is 3.19. The Morgan fingerprint density at radius 1 is 1.44 bits per heavy atom. The standard InChI is InChI=1S/C11H15N3O2/c1-7-3-11(14-9(5-15)6-16)10(4-12)8(2)13-7/h3,9,15-16H,5-6H2,1-2H3,(H,13,14). The van der Waals surface area contributed by atoms with Crippen LogP contribution in [0.5, 0.6) is 0 Å². The average Bonchev–Trinajstić information content (AvgIpc) is 2.25. The second-order valence-electron chi connectivity index (χ2n) is 3.59. The van der Waals surface area contributed by atoms with Crippen LogP contribution in [0.4, 0.5) is 5.69 Å². The second kappa shape index (κ2) is 5.45. The van der Waals surface area contributed by atoms with Crippen molar-refractivity contribution in [2.75, 3.05) is 18.5 Å². The van der Waals surface area contributed by atoms with Crippen molar-refractivity contribution < 1.29 is 10.2 Å². The van der Waals surface area contributed by atoms with Gasteiger partial charge < -0.3 is 15.5 Å². The average molecular weight is 221 g/mol. The fourth-order valence-electron chi connectivity index (χ4n) is 1.45. The lowest BCUT2D eigenvalue weighted by Crippen LogP contribution is -2.28. The number of nitriles is 1. The predicted octanol–water partition coefficient (Wildman–Crippen LogP) is 0.335. The topological polar surface area (TPSA) is 89.2 Å². The van der Waals surface area contributed by atoms with Crippen LogP contribution in [-0.4, -0.2) is 34.5 Å². The molecule has 0 amide bonds. The zero-order valence-electron chi connectivity index (χ0n) is 9.36. The molecule has 0 spiro atoms. The van der Waals surface area contributed by atoms with Crippen molar-refractivity contribution in [2.45, 2.75) is 19.9 Å². The summed E-state index contributed by atoms with van der Waals surface area (Å²) in [7, 11) is 0. The minimum absolute atomic E-state index is 0.193. The first-order chi connectivity index (χ1) is 7.62. The fourth-order valence-corrected chi connectivity index (χ4v) is 1.45. The van der Waals surface area contributed by atoms with Crippen molar-refractivity contribution >= 4 is 5.69 Å². The monoisotopic (exact) mass is 221 g/mol. The van der Waals surface area contributed by atoms with Gasteiger partial charge in [0.15, 0.2) is 0 Å². The molecule has 1 aromatic rings. The Morgan fingerprint density at radius 3 is 2.56 bits per heavy atom. The number of rotatable bonds is 4. The van der Waals surface area contributed by atoms with Crippen molar-refractivity contribution in [1.82, 2.24) is 4.98 Å². The molecule has 0 aliphatic rings. The molecule has 0 aliphatic heterocycles. The van der Waals surface area contributed by atoms with Crippen LogP contribution < -0.4 is 5.32 Å². The summed E-state index contributed by atoms with van der Waals surface area (Å²) in [5, 5.41) is 29.8. The predicted molar refractivity (Wildman–Crippen MR) is 60.0 cm³/mol. The van der Waals surface area contributed by atoms with Crippen LogP contribution in [0, 0.1) is 25.2 Å². The van der Waals surface area contributed by atoms with E-state index in [1.807, 2.05) is 6.92 Å². The third kappa shape index (κ3) is 2.69. The van der Waals surface area contributed by atoms with Crippen LogP contribution in [0.25, 0.3) is 0 Å². The zero-order valence-corrected chi connectivity index (χ0v) is 9.36. The molecule has 0 radical (unpaired) electrons. The summed E-state index contributed by atoms with van der Waals surface area (Å²) in [6.07, 6.45) is 0. The fraction of sp³-hybridized carbons (Fsp3) is 0.455. The summed E-state index contributed by atoms with van der Waals surface area (Å²) >= 11 is 0. The van der Waals surface area contributed by atoms with Gasteiger partial charge >= 0.3 is 0 Å². The first-order valence-corrected chi connectivity index (χ1v) is 4.99. The molecular formula is C11H15N3O2. The Balaban J connectivity index is 3.07. The van der Waals surface area contributed by atoms with E-state index < -0.39 is 6.04 Å². The van der Waals surface area contributed by atoms with E-state index in [-0.39, 0.29) is 13.2 Å². The molecule has 16 heavy (non-hydrogen) atoms. The smallest absolute Gasteiger partial charge is 0.103 e. The maximum Gasteiger partial charge on any atom is 0.103 e. The molecule has 0 saturated carbocycles. The molecular weight excluding hydrogens is 206 g/mol. The highest BCUT2D eigenvalue weighted by Crippen LogP contribution is 2.19. The van der Waals surface area contributed by atoms with Crippen LogP contribution >= 0.6 is 0 Å². The molecule has 0 aromatic carbocycles. The zero-order chi connectivity index (χ0) is 12.1. The Hall–Kier alpha value is -1.64. The maximum absolute atomic E-state index is 8.99. The number of aliphatic hydroxyl groups excluding tert-OH is 2. The largest absolute Gasteiger partial charge is 0.394 e. The molecule has 3 N–H and O–H groups in total. The van der Waals surface area contributed by atoms with Crippen LogP contribution in [0.1, 0.15) is 17.0 Å². The minimum atomic E-state index is -0.465. The van der Waals surface area contributed by atoms with Gasteiger partial charge in [-0.15, -0.1) is 0 Å². The summed E-state index contributed by atoms with van der Waals surface area (Å²) in [5.41, 5.74) is 2.46. The molecule has 5 nitrogen and oxygen atoms in total. The Bertz CT molecular complexity index is 408. The highest BCUT2D eigenvalue weighted by molar-refractivity contribution is 5.60. The first kappa shape index (κ1) is 12.4. The van der Waals surface area contributed by atoms with Gasteiger partial charge in [0.1, 0.15) is 6.07 Å². The minimum Gasteiger partial charge on any atom is -0.394 e. The molecule has 0 saturated heterocycles. The number of hydrogen-bond acceptors (Lipinski definition) is 5. The van der Waals surface area contributed by atoms with E-state index in [4.69, 9.17) is 15.5 Å². The summed E-state index contributed by atoms with van der Waals surface area (Å²) < 4.78 is 0. The van der Waals surface area contributed by atoms with Gasteiger partial charge in [0, 0.05) is 5.69 Å². The molecule has 86 valence electrons. The SMILES string of the molecule is Cc1cc(NC(CO)CO)c(C#N)c(C)n1. The van der Waals surface area contributed by atoms with Gasteiger partial charge in [0.2, 0.25) is 0 Å². The number of hydrogen-bond donors (Lipinski definition) is 3. The number of nitrogens with zero attached hydrogens (tertiary/aromatic N) is 2. The third-order valence-corrected chi connectivity index (χ3v) is 2.24. The Labute approximate surface area is 94.4 Å². The van der Waals surface area contributed by atoms with E-state index in [0.29, 0.717) is 16.9 Å². The Kier molecular flexibility index (Phi) is 4.23.